The van der Waals surface area contributed by atoms with Gasteiger partial charge >= 0.3 is 0 Å². The number of hydrogen-bond donors (Lipinski definition) is 1. The van der Waals surface area contributed by atoms with Gasteiger partial charge in [-0.3, -0.25) is 0 Å². The van der Waals surface area contributed by atoms with E-state index in [0.717, 1.165) is 16.8 Å². The van der Waals surface area contributed by atoms with Crippen molar-refractivity contribution < 1.29 is 9.84 Å². The number of nitrogens with zero attached hydrogens (tertiary/aromatic N) is 2. The van der Waals surface area contributed by atoms with Crippen LogP contribution in [0.15, 0.2) is 41.6 Å². The Balaban J connectivity index is 1.75. The minimum absolute atomic E-state index is 0.0796. The number of benzene rings is 2. The number of hydrogen-bond acceptors (Lipinski definition) is 4. The van der Waals surface area contributed by atoms with E-state index in [1.807, 2.05) is 25.1 Å². The van der Waals surface area contributed by atoms with E-state index in [0.29, 0.717) is 30.9 Å². The minimum Gasteiger partial charge on any atom is -0.493 e. The fourth-order valence-corrected chi connectivity index (χ4v) is 3.40. The average Bonchev–Trinajstić information content (AvgIpc) is 2.88. The number of fused-ring (bicyclic) bond motifs is 1. The molecule has 1 heterocycles. The lowest BCUT2D eigenvalue weighted by Gasteiger charge is -2.15. The van der Waals surface area contributed by atoms with Crippen LogP contribution in [0.3, 0.4) is 0 Å². The van der Waals surface area contributed by atoms with Crippen molar-refractivity contribution in [1.29, 1.82) is 0 Å². The lowest BCUT2D eigenvalue weighted by Crippen LogP contribution is -2.06. The van der Waals surface area contributed by atoms with Crippen molar-refractivity contribution in [2.45, 2.75) is 46.6 Å². The monoisotopic (exact) mass is 366 g/mol. The van der Waals surface area contributed by atoms with E-state index in [1.54, 1.807) is 4.57 Å². The molecular formula is C22H26N2O3. The van der Waals surface area contributed by atoms with Gasteiger partial charge in [-0.25, -0.2) is 0 Å². The summed E-state index contributed by atoms with van der Waals surface area (Å²) in [7, 11) is 0. The maximum Gasteiger partial charge on any atom is 0.222 e. The molecule has 0 fully saturated rings. The quantitative estimate of drug-likeness (QED) is 0.415. The van der Waals surface area contributed by atoms with Gasteiger partial charge in [-0.15, -0.1) is 4.91 Å². The molecule has 0 bridgehead atoms. The Morgan fingerprint density at radius 1 is 1.11 bits per heavy atom. The van der Waals surface area contributed by atoms with E-state index in [-0.39, 0.29) is 11.6 Å². The molecule has 5 nitrogen and oxygen atoms in total. The van der Waals surface area contributed by atoms with Gasteiger partial charge in [-0.05, 0) is 60.7 Å². The van der Waals surface area contributed by atoms with Crippen LogP contribution in [0.2, 0.25) is 0 Å². The van der Waals surface area contributed by atoms with Crippen molar-refractivity contribution in [3.8, 4) is 11.6 Å². The summed E-state index contributed by atoms with van der Waals surface area (Å²) in [4.78, 5) is 11.2. The standard InChI is InChI=1S/C22H26N2O3/c1-14(2)17-8-6-16(4)13-20(17)27-11-5-10-24-19-9-7-15(3)12-18(19)21(23-26)22(24)25/h6-9,12-14,25H,5,10-11H2,1-4H3. The third-order valence-corrected chi connectivity index (χ3v) is 4.83. The zero-order chi connectivity index (χ0) is 19.6. The predicted molar refractivity (Wildman–Crippen MR) is 109 cm³/mol. The van der Waals surface area contributed by atoms with Crippen LogP contribution in [-0.2, 0) is 6.54 Å². The second-order valence-corrected chi connectivity index (χ2v) is 7.33. The molecule has 0 unspecified atom stereocenters. The topological polar surface area (TPSA) is 63.8 Å². The fraction of sp³-hybridized carbons (Fsp3) is 0.364. The predicted octanol–water partition coefficient (Wildman–Crippen LogP) is 5.95. The molecule has 0 spiro atoms. The van der Waals surface area contributed by atoms with Gasteiger partial charge in [-0.1, -0.05) is 37.6 Å². The van der Waals surface area contributed by atoms with Crippen LogP contribution in [0.5, 0.6) is 11.6 Å². The lowest BCUT2D eigenvalue weighted by atomic mass is 10.0. The van der Waals surface area contributed by atoms with Gasteiger partial charge < -0.3 is 14.4 Å². The number of aromatic nitrogens is 1. The van der Waals surface area contributed by atoms with Crippen LogP contribution in [0.1, 0.15) is 42.9 Å². The first-order valence-electron chi connectivity index (χ1n) is 9.31. The molecule has 0 atom stereocenters. The van der Waals surface area contributed by atoms with E-state index in [2.05, 4.69) is 44.1 Å². The molecule has 0 saturated carbocycles. The normalized spacial score (nSPS) is 11.3. The van der Waals surface area contributed by atoms with Crippen LogP contribution in [0.4, 0.5) is 5.69 Å². The van der Waals surface area contributed by atoms with E-state index in [9.17, 15) is 10.0 Å². The van der Waals surface area contributed by atoms with E-state index >= 15 is 0 Å². The average molecular weight is 366 g/mol. The first-order chi connectivity index (χ1) is 12.9. The summed E-state index contributed by atoms with van der Waals surface area (Å²) >= 11 is 0. The number of nitroso groups, excluding NO2 is 1. The molecule has 1 N–H and O–H groups in total. The SMILES string of the molecule is Cc1ccc(C(C)C)c(OCCCn2c(O)c(N=O)c3cc(C)ccc32)c1. The molecule has 0 saturated heterocycles. The Bertz CT molecular complexity index is 973. The fourth-order valence-electron chi connectivity index (χ4n) is 3.40. The Morgan fingerprint density at radius 3 is 2.52 bits per heavy atom. The zero-order valence-electron chi connectivity index (χ0n) is 16.3. The number of aromatic hydroxyl groups is 1. The maximum absolute atomic E-state index is 11.2. The molecular weight excluding hydrogens is 340 g/mol. The van der Waals surface area contributed by atoms with Crippen LogP contribution in [0, 0.1) is 18.8 Å². The highest BCUT2D eigenvalue weighted by Crippen LogP contribution is 2.39. The summed E-state index contributed by atoms with van der Waals surface area (Å²) in [5, 5.41) is 14.1. The van der Waals surface area contributed by atoms with Crippen molar-refractivity contribution in [2.75, 3.05) is 6.61 Å². The molecule has 0 radical (unpaired) electrons. The van der Waals surface area contributed by atoms with Gasteiger partial charge in [0.05, 0.1) is 12.1 Å². The number of aryl methyl sites for hydroxylation is 3. The second kappa shape index (κ2) is 7.82. The molecule has 1 aromatic heterocycles. The molecule has 3 rings (SSSR count). The van der Waals surface area contributed by atoms with Crippen LogP contribution in [0.25, 0.3) is 10.9 Å². The minimum atomic E-state index is -0.0796. The van der Waals surface area contributed by atoms with E-state index < -0.39 is 0 Å². The van der Waals surface area contributed by atoms with E-state index in [4.69, 9.17) is 4.74 Å². The molecule has 0 aliphatic rings. The Kier molecular flexibility index (Phi) is 5.49. The van der Waals surface area contributed by atoms with Gasteiger partial charge in [0.15, 0.2) is 5.69 Å². The van der Waals surface area contributed by atoms with Crippen LogP contribution < -0.4 is 4.74 Å². The van der Waals surface area contributed by atoms with Gasteiger partial charge in [0.2, 0.25) is 5.88 Å². The van der Waals surface area contributed by atoms with Crippen molar-refractivity contribution >= 4 is 16.6 Å². The smallest absolute Gasteiger partial charge is 0.222 e. The summed E-state index contributed by atoms with van der Waals surface area (Å²) in [6.07, 6.45) is 0.703. The molecule has 5 heteroatoms. The third-order valence-electron chi connectivity index (χ3n) is 4.83. The first kappa shape index (κ1) is 19.0. The van der Waals surface area contributed by atoms with Crippen molar-refractivity contribution in [3.05, 3.63) is 58.0 Å². The number of ether oxygens (including phenoxy) is 1. The zero-order valence-corrected chi connectivity index (χ0v) is 16.3. The van der Waals surface area contributed by atoms with Crippen LogP contribution >= 0.6 is 0 Å². The summed E-state index contributed by atoms with van der Waals surface area (Å²) < 4.78 is 7.76. The highest BCUT2D eigenvalue weighted by atomic mass is 16.5. The lowest BCUT2D eigenvalue weighted by molar-refractivity contribution is 0.294. The molecule has 0 aliphatic carbocycles. The van der Waals surface area contributed by atoms with Crippen LogP contribution in [-0.4, -0.2) is 16.3 Å². The third kappa shape index (κ3) is 3.82. The highest BCUT2D eigenvalue weighted by molar-refractivity contribution is 5.95. The van der Waals surface area contributed by atoms with Gasteiger partial charge in [-0.2, -0.15) is 0 Å². The second-order valence-electron chi connectivity index (χ2n) is 7.33. The summed E-state index contributed by atoms with van der Waals surface area (Å²) in [5.74, 6) is 1.23. The largest absolute Gasteiger partial charge is 0.493 e. The van der Waals surface area contributed by atoms with Crippen molar-refractivity contribution in [3.63, 3.8) is 0 Å². The molecule has 27 heavy (non-hydrogen) atoms. The maximum atomic E-state index is 11.2. The Morgan fingerprint density at radius 2 is 1.81 bits per heavy atom. The van der Waals surface area contributed by atoms with Gasteiger partial charge in [0.25, 0.3) is 0 Å². The van der Waals surface area contributed by atoms with E-state index in [1.165, 1.54) is 11.1 Å². The molecule has 3 aromatic rings. The highest BCUT2D eigenvalue weighted by Gasteiger charge is 2.17. The number of rotatable bonds is 7. The molecule has 2 aromatic carbocycles. The van der Waals surface area contributed by atoms with Crippen molar-refractivity contribution in [1.82, 2.24) is 4.57 Å². The Hall–Kier alpha value is -2.82. The first-order valence-corrected chi connectivity index (χ1v) is 9.31. The molecule has 0 amide bonds. The van der Waals surface area contributed by atoms with Gasteiger partial charge in [0, 0.05) is 11.9 Å². The summed E-state index contributed by atoms with van der Waals surface area (Å²) in [5.41, 5.74) is 4.30. The van der Waals surface area contributed by atoms with Gasteiger partial charge in [0.1, 0.15) is 5.75 Å². The molecule has 142 valence electrons. The summed E-state index contributed by atoms with van der Waals surface area (Å²) in [6, 6.07) is 12.0. The summed E-state index contributed by atoms with van der Waals surface area (Å²) in [6.45, 7) is 9.37. The Labute approximate surface area is 159 Å². The van der Waals surface area contributed by atoms with Crippen molar-refractivity contribution in [2.24, 2.45) is 5.18 Å². The molecule has 0 aliphatic heterocycles.